The Balaban J connectivity index is 3.91. The first-order chi connectivity index (χ1) is 7.73. The van der Waals surface area contributed by atoms with Crippen molar-refractivity contribution in [3.63, 3.8) is 0 Å². The summed E-state index contributed by atoms with van der Waals surface area (Å²) in [5.41, 5.74) is 0. The number of rotatable bonds is 8. The topological polar surface area (TPSA) is 9.23 Å². The Hall–Kier alpha value is -0.0400. The molecule has 0 aromatic heterocycles. The van der Waals surface area contributed by atoms with Crippen molar-refractivity contribution in [3.05, 3.63) is 0 Å². The van der Waals surface area contributed by atoms with Crippen LogP contribution in [0.2, 0.25) is 0 Å². The molecule has 0 spiro atoms. The van der Waals surface area contributed by atoms with Gasteiger partial charge in [0.25, 0.3) is 0 Å². The number of ether oxygens (including phenoxy) is 1. The van der Waals surface area contributed by atoms with Gasteiger partial charge in [0.05, 0.1) is 12.2 Å². The summed E-state index contributed by atoms with van der Waals surface area (Å²) in [6.07, 6.45) is 3.14. The van der Waals surface area contributed by atoms with Gasteiger partial charge in [0, 0.05) is 0 Å². The Bertz CT molecular complexity index is 166. The maximum Gasteiger partial charge on any atom is 0.0553 e. The summed E-state index contributed by atoms with van der Waals surface area (Å²) >= 11 is 0. The largest absolute Gasteiger partial charge is 0.376 e. The Morgan fingerprint density at radius 1 is 0.588 bits per heavy atom. The van der Waals surface area contributed by atoms with Gasteiger partial charge in [-0.15, -0.1) is 0 Å². The van der Waals surface area contributed by atoms with Crippen LogP contribution < -0.4 is 0 Å². The van der Waals surface area contributed by atoms with E-state index in [-0.39, 0.29) is 0 Å². The van der Waals surface area contributed by atoms with Crippen molar-refractivity contribution >= 4 is 0 Å². The average Bonchev–Trinajstić information content (AvgIpc) is 2.16. The van der Waals surface area contributed by atoms with Gasteiger partial charge in [-0.2, -0.15) is 0 Å². The lowest BCUT2D eigenvalue weighted by Crippen LogP contribution is -2.23. The fourth-order valence-electron chi connectivity index (χ4n) is 2.10. The highest BCUT2D eigenvalue weighted by Gasteiger charge is 2.17. The van der Waals surface area contributed by atoms with Crippen molar-refractivity contribution < 1.29 is 4.74 Å². The van der Waals surface area contributed by atoms with Crippen LogP contribution in [-0.4, -0.2) is 12.2 Å². The van der Waals surface area contributed by atoms with Crippen LogP contribution in [0.1, 0.15) is 68.2 Å². The van der Waals surface area contributed by atoms with Crippen molar-refractivity contribution in [3.8, 4) is 0 Å². The first-order valence-electron chi connectivity index (χ1n) is 7.39. The average molecular weight is 242 g/mol. The van der Waals surface area contributed by atoms with Gasteiger partial charge in [-0.1, -0.05) is 41.5 Å². The highest BCUT2D eigenvalue weighted by atomic mass is 16.5. The molecule has 0 rings (SSSR count). The minimum atomic E-state index is 0.391. The predicted molar refractivity (Wildman–Crippen MR) is 77.2 cm³/mol. The molecule has 0 saturated carbocycles. The van der Waals surface area contributed by atoms with Crippen LogP contribution in [0.3, 0.4) is 0 Å². The third-order valence-corrected chi connectivity index (χ3v) is 4.15. The molecule has 0 aliphatic rings. The zero-order valence-electron chi connectivity index (χ0n) is 13.3. The van der Waals surface area contributed by atoms with Gasteiger partial charge in [0.1, 0.15) is 0 Å². The molecule has 0 amide bonds. The molecule has 17 heavy (non-hydrogen) atoms. The Morgan fingerprint density at radius 2 is 0.882 bits per heavy atom. The molecule has 104 valence electrons. The molecule has 0 N–H and O–H groups in total. The molecule has 1 heteroatoms. The second-order valence-electron chi connectivity index (χ2n) is 6.67. The second kappa shape index (κ2) is 8.13. The summed E-state index contributed by atoms with van der Waals surface area (Å²) in [4.78, 5) is 0. The van der Waals surface area contributed by atoms with E-state index >= 15 is 0 Å². The van der Waals surface area contributed by atoms with E-state index in [1.807, 2.05) is 0 Å². The van der Waals surface area contributed by atoms with E-state index in [4.69, 9.17) is 4.74 Å². The quantitative estimate of drug-likeness (QED) is 0.572. The molecule has 0 aliphatic heterocycles. The normalized spacial score (nSPS) is 19.4. The summed E-state index contributed by atoms with van der Waals surface area (Å²) in [5.74, 6) is 3.01. The summed E-state index contributed by atoms with van der Waals surface area (Å²) < 4.78 is 6.09. The Kier molecular flexibility index (Phi) is 8.11. The molecule has 0 aliphatic carbocycles. The van der Waals surface area contributed by atoms with Crippen LogP contribution >= 0.6 is 0 Å². The number of hydrogen-bond acceptors (Lipinski definition) is 1. The molecule has 0 aromatic rings. The van der Waals surface area contributed by atoms with Crippen molar-refractivity contribution in [1.29, 1.82) is 0 Å². The molecular formula is C16H34O. The van der Waals surface area contributed by atoms with E-state index in [1.165, 1.54) is 12.8 Å². The SMILES string of the molecule is CC(CC(C)C(C)C)OC(C)CC(C)C(C)C. The van der Waals surface area contributed by atoms with Crippen molar-refractivity contribution in [2.24, 2.45) is 23.7 Å². The standard InChI is InChI=1S/C16H34O/c1-11(2)13(5)9-15(7)17-16(8)10-14(6)12(3)4/h11-16H,9-10H2,1-8H3. The lowest BCUT2D eigenvalue weighted by molar-refractivity contribution is -0.0189. The van der Waals surface area contributed by atoms with Crippen molar-refractivity contribution in [2.75, 3.05) is 0 Å². The van der Waals surface area contributed by atoms with Gasteiger partial charge in [-0.05, 0) is 50.4 Å². The molecule has 0 heterocycles. The first kappa shape index (κ1) is 17.0. The van der Waals surface area contributed by atoms with Crippen LogP contribution in [0.25, 0.3) is 0 Å². The van der Waals surface area contributed by atoms with Crippen molar-refractivity contribution in [2.45, 2.75) is 80.4 Å². The minimum Gasteiger partial charge on any atom is -0.376 e. The van der Waals surface area contributed by atoms with E-state index in [1.54, 1.807) is 0 Å². The van der Waals surface area contributed by atoms with Crippen LogP contribution in [0, 0.1) is 23.7 Å². The molecule has 0 fully saturated rings. The monoisotopic (exact) mass is 242 g/mol. The van der Waals surface area contributed by atoms with Gasteiger partial charge in [-0.3, -0.25) is 0 Å². The second-order valence-corrected chi connectivity index (χ2v) is 6.67. The number of hydrogen-bond donors (Lipinski definition) is 0. The molecule has 0 aromatic carbocycles. The Morgan fingerprint density at radius 3 is 1.12 bits per heavy atom. The van der Waals surface area contributed by atoms with Crippen LogP contribution in [-0.2, 0) is 4.74 Å². The maximum absolute atomic E-state index is 6.09. The third kappa shape index (κ3) is 7.81. The highest BCUT2D eigenvalue weighted by molar-refractivity contribution is 4.66. The molecule has 4 unspecified atom stereocenters. The third-order valence-electron chi connectivity index (χ3n) is 4.15. The summed E-state index contributed by atoms with van der Waals surface area (Å²) in [6, 6.07) is 0. The van der Waals surface area contributed by atoms with Gasteiger partial charge in [0.2, 0.25) is 0 Å². The first-order valence-corrected chi connectivity index (χ1v) is 7.39. The molecule has 0 saturated heterocycles. The smallest absolute Gasteiger partial charge is 0.0553 e. The zero-order valence-corrected chi connectivity index (χ0v) is 13.3. The summed E-state index contributed by atoms with van der Waals surface area (Å²) in [6.45, 7) is 18.3. The van der Waals surface area contributed by atoms with E-state index in [0.717, 1.165) is 23.7 Å². The van der Waals surface area contributed by atoms with Crippen LogP contribution in [0.4, 0.5) is 0 Å². The lowest BCUT2D eigenvalue weighted by Gasteiger charge is -2.26. The fraction of sp³-hybridized carbons (Fsp3) is 1.00. The molecule has 0 bridgehead atoms. The van der Waals surface area contributed by atoms with Crippen molar-refractivity contribution in [1.82, 2.24) is 0 Å². The van der Waals surface area contributed by atoms with Gasteiger partial charge >= 0.3 is 0 Å². The predicted octanol–water partition coefficient (Wildman–Crippen LogP) is 5.14. The van der Waals surface area contributed by atoms with Crippen LogP contribution in [0.5, 0.6) is 0 Å². The molecule has 0 radical (unpaired) electrons. The van der Waals surface area contributed by atoms with E-state index in [9.17, 15) is 0 Å². The van der Waals surface area contributed by atoms with Gasteiger partial charge < -0.3 is 4.74 Å². The van der Waals surface area contributed by atoms with E-state index in [0.29, 0.717) is 12.2 Å². The summed E-state index contributed by atoms with van der Waals surface area (Å²) in [7, 11) is 0. The van der Waals surface area contributed by atoms with E-state index in [2.05, 4.69) is 55.4 Å². The lowest BCUT2D eigenvalue weighted by atomic mass is 9.91. The minimum absolute atomic E-state index is 0.391. The molecule has 4 atom stereocenters. The fourth-order valence-corrected chi connectivity index (χ4v) is 2.10. The maximum atomic E-state index is 6.09. The van der Waals surface area contributed by atoms with Gasteiger partial charge in [-0.25, -0.2) is 0 Å². The highest BCUT2D eigenvalue weighted by Crippen LogP contribution is 2.22. The zero-order chi connectivity index (χ0) is 13.6. The van der Waals surface area contributed by atoms with Gasteiger partial charge in [0.15, 0.2) is 0 Å². The van der Waals surface area contributed by atoms with Crippen LogP contribution in [0.15, 0.2) is 0 Å². The summed E-state index contributed by atoms with van der Waals surface area (Å²) in [5, 5.41) is 0. The molecule has 1 nitrogen and oxygen atoms in total. The molecular weight excluding hydrogens is 208 g/mol. The van der Waals surface area contributed by atoms with E-state index < -0.39 is 0 Å². The Labute approximate surface area is 109 Å².